The van der Waals surface area contributed by atoms with Crippen LogP contribution in [-0.2, 0) is 6.54 Å². The molecular formula is C13H22N4OS. The van der Waals surface area contributed by atoms with Gasteiger partial charge in [0.2, 0.25) is 0 Å². The summed E-state index contributed by atoms with van der Waals surface area (Å²) in [6, 6.07) is 0. The van der Waals surface area contributed by atoms with Crippen molar-refractivity contribution >= 4 is 16.5 Å². The summed E-state index contributed by atoms with van der Waals surface area (Å²) in [6.07, 6.45) is 5.52. The molecule has 2 N–H and O–H groups in total. The fourth-order valence-electron chi connectivity index (χ4n) is 3.50. The largest absolute Gasteiger partial charge is 0.390 e. The van der Waals surface area contributed by atoms with Crippen molar-refractivity contribution in [2.45, 2.75) is 44.2 Å². The Hall–Kier alpha value is -0.720. The number of aromatic nitrogens is 2. The van der Waals surface area contributed by atoms with Crippen molar-refractivity contribution in [3.63, 3.8) is 0 Å². The first-order valence-corrected chi connectivity index (χ1v) is 7.92. The molecule has 0 spiro atoms. The lowest BCUT2D eigenvalue weighted by Gasteiger charge is -2.47. The Morgan fingerprint density at radius 2 is 2.37 bits per heavy atom. The monoisotopic (exact) mass is 282 g/mol. The van der Waals surface area contributed by atoms with Crippen LogP contribution in [0.1, 0.15) is 37.8 Å². The number of hydrogen-bond donors (Lipinski definition) is 2. The van der Waals surface area contributed by atoms with Gasteiger partial charge in [-0.2, -0.15) is 0 Å². The third-order valence-corrected chi connectivity index (χ3v) is 5.45. The van der Waals surface area contributed by atoms with Crippen molar-refractivity contribution in [1.29, 1.82) is 0 Å². The molecule has 1 saturated heterocycles. The van der Waals surface area contributed by atoms with Gasteiger partial charge in [0.15, 0.2) is 0 Å². The van der Waals surface area contributed by atoms with Crippen molar-refractivity contribution in [2.24, 2.45) is 5.92 Å². The fraction of sp³-hybridized carbons (Fsp3) is 0.846. The average Bonchev–Trinajstić information content (AvgIpc) is 2.86. The highest BCUT2D eigenvalue weighted by Gasteiger charge is 2.42. The molecule has 6 heteroatoms. The molecule has 2 heterocycles. The first-order chi connectivity index (χ1) is 9.21. The lowest BCUT2D eigenvalue weighted by molar-refractivity contribution is -0.0969. The molecule has 5 nitrogen and oxygen atoms in total. The maximum atomic E-state index is 10.7. The van der Waals surface area contributed by atoms with Crippen molar-refractivity contribution in [2.75, 3.05) is 25.5 Å². The number of fused-ring (bicyclic) bond motifs is 1. The average molecular weight is 282 g/mol. The van der Waals surface area contributed by atoms with Gasteiger partial charge in [0.05, 0.1) is 5.60 Å². The van der Waals surface area contributed by atoms with Gasteiger partial charge in [-0.3, -0.25) is 4.90 Å². The predicted octanol–water partition coefficient (Wildman–Crippen LogP) is 1.71. The molecule has 0 amide bonds. The van der Waals surface area contributed by atoms with Crippen LogP contribution < -0.4 is 5.32 Å². The van der Waals surface area contributed by atoms with Crippen LogP contribution in [0.5, 0.6) is 0 Å². The van der Waals surface area contributed by atoms with Gasteiger partial charge in [-0.1, -0.05) is 17.3 Å². The summed E-state index contributed by atoms with van der Waals surface area (Å²) >= 11 is 1.41. The normalized spacial score (nSPS) is 32.0. The molecule has 2 fully saturated rings. The molecule has 1 aliphatic carbocycles. The summed E-state index contributed by atoms with van der Waals surface area (Å²) in [7, 11) is 1.91. The Morgan fingerprint density at radius 1 is 1.47 bits per heavy atom. The van der Waals surface area contributed by atoms with E-state index < -0.39 is 0 Å². The van der Waals surface area contributed by atoms with Crippen LogP contribution in [0.4, 0.5) is 5.00 Å². The maximum absolute atomic E-state index is 10.7. The van der Waals surface area contributed by atoms with E-state index in [0.29, 0.717) is 5.92 Å². The van der Waals surface area contributed by atoms with Crippen LogP contribution >= 0.6 is 11.5 Å². The molecule has 1 aromatic heterocycles. The van der Waals surface area contributed by atoms with Gasteiger partial charge in [0.25, 0.3) is 0 Å². The summed E-state index contributed by atoms with van der Waals surface area (Å²) in [4.78, 5) is 2.42. The third kappa shape index (κ3) is 2.61. The zero-order chi connectivity index (χ0) is 13.3. The van der Waals surface area contributed by atoms with E-state index in [4.69, 9.17) is 0 Å². The van der Waals surface area contributed by atoms with Crippen molar-refractivity contribution < 1.29 is 5.11 Å². The van der Waals surface area contributed by atoms with Gasteiger partial charge >= 0.3 is 0 Å². The van der Waals surface area contributed by atoms with E-state index in [2.05, 4.69) is 19.8 Å². The predicted molar refractivity (Wildman–Crippen MR) is 76.3 cm³/mol. The van der Waals surface area contributed by atoms with Crippen LogP contribution in [0.25, 0.3) is 0 Å². The second-order valence-corrected chi connectivity index (χ2v) is 6.58. The molecule has 1 saturated carbocycles. The Balaban J connectivity index is 1.65. The summed E-state index contributed by atoms with van der Waals surface area (Å²) in [5, 5.41) is 19.1. The quantitative estimate of drug-likeness (QED) is 0.883. The molecule has 1 aromatic rings. The molecule has 0 bridgehead atoms. The number of anilines is 1. The van der Waals surface area contributed by atoms with E-state index in [1.807, 2.05) is 7.05 Å². The van der Waals surface area contributed by atoms with E-state index in [1.165, 1.54) is 30.8 Å². The van der Waals surface area contributed by atoms with Crippen LogP contribution in [0.2, 0.25) is 0 Å². The Morgan fingerprint density at radius 3 is 3.21 bits per heavy atom. The first-order valence-electron chi connectivity index (χ1n) is 7.15. The van der Waals surface area contributed by atoms with Crippen molar-refractivity contribution in [3.8, 4) is 0 Å². The smallest absolute Gasteiger partial charge is 0.134 e. The minimum Gasteiger partial charge on any atom is -0.390 e. The number of nitrogens with one attached hydrogen (secondary N) is 1. The summed E-state index contributed by atoms with van der Waals surface area (Å²) in [6.45, 7) is 2.81. The van der Waals surface area contributed by atoms with Gasteiger partial charge in [0.1, 0.15) is 10.7 Å². The number of aliphatic hydroxyl groups is 1. The highest BCUT2D eigenvalue weighted by atomic mass is 32.1. The van der Waals surface area contributed by atoms with E-state index >= 15 is 0 Å². The lowest BCUT2D eigenvalue weighted by atomic mass is 9.71. The summed E-state index contributed by atoms with van der Waals surface area (Å²) in [5.41, 5.74) is 0.648. The van der Waals surface area contributed by atoms with Crippen molar-refractivity contribution in [1.82, 2.24) is 14.5 Å². The second-order valence-electron chi connectivity index (χ2n) is 5.83. The van der Waals surface area contributed by atoms with Gasteiger partial charge < -0.3 is 10.4 Å². The Kier molecular flexibility index (Phi) is 3.73. The van der Waals surface area contributed by atoms with E-state index in [1.54, 1.807) is 0 Å². The van der Waals surface area contributed by atoms with E-state index in [9.17, 15) is 5.11 Å². The number of likely N-dealkylation sites (tertiary alicyclic amines) is 1. The maximum Gasteiger partial charge on any atom is 0.134 e. The number of hydrogen-bond acceptors (Lipinski definition) is 6. The molecule has 19 heavy (non-hydrogen) atoms. The van der Waals surface area contributed by atoms with Crippen LogP contribution in [0.3, 0.4) is 0 Å². The SMILES string of the molecule is CNc1snnc1CN1CCC2(O)CCCCC2C1. The fourth-order valence-corrected chi connectivity index (χ4v) is 4.02. The Labute approximate surface area is 118 Å². The highest BCUT2D eigenvalue weighted by Crippen LogP contribution is 2.40. The minimum atomic E-state index is -0.388. The van der Waals surface area contributed by atoms with Crippen LogP contribution in [0, 0.1) is 5.92 Å². The van der Waals surface area contributed by atoms with Crippen LogP contribution in [0.15, 0.2) is 0 Å². The second kappa shape index (κ2) is 5.34. The molecule has 1 aliphatic heterocycles. The van der Waals surface area contributed by atoms with Gasteiger partial charge in [-0.25, -0.2) is 0 Å². The Bertz CT molecular complexity index is 438. The highest BCUT2D eigenvalue weighted by molar-refractivity contribution is 7.10. The van der Waals surface area contributed by atoms with Gasteiger partial charge in [-0.15, -0.1) is 5.10 Å². The standard InChI is InChI=1S/C13H22N4OS/c1-14-12-11(15-16-19-12)9-17-7-6-13(18)5-3-2-4-10(13)8-17/h10,14,18H,2-9H2,1H3. The third-order valence-electron chi connectivity index (χ3n) is 4.67. The molecule has 0 aromatic carbocycles. The molecule has 2 unspecified atom stereocenters. The molecule has 3 rings (SSSR count). The zero-order valence-electron chi connectivity index (χ0n) is 11.4. The minimum absolute atomic E-state index is 0.388. The molecule has 2 atom stereocenters. The zero-order valence-corrected chi connectivity index (χ0v) is 12.2. The molecule has 106 valence electrons. The van der Waals surface area contributed by atoms with E-state index in [0.717, 1.165) is 43.2 Å². The van der Waals surface area contributed by atoms with Gasteiger partial charge in [-0.05, 0) is 19.3 Å². The summed E-state index contributed by atoms with van der Waals surface area (Å²) in [5.74, 6) is 0.444. The van der Waals surface area contributed by atoms with Crippen molar-refractivity contribution in [3.05, 3.63) is 5.69 Å². The number of rotatable bonds is 3. The first kappa shape index (κ1) is 13.3. The van der Waals surface area contributed by atoms with Crippen LogP contribution in [-0.4, -0.2) is 45.3 Å². The molecule has 2 aliphatic rings. The van der Waals surface area contributed by atoms with E-state index in [-0.39, 0.29) is 5.60 Å². The number of nitrogens with zero attached hydrogens (tertiary/aromatic N) is 3. The lowest BCUT2D eigenvalue weighted by Crippen LogP contribution is -2.53. The molecular weight excluding hydrogens is 260 g/mol. The topological polar surface area (TPSA) is 61.3 Å². The van der Waals surface area contributed by atoms with Gasteiger partial charge in [0, 0.05) is 44.1 Å². The molecule has 0 radical (unpaired) electrons. The number of piperidine rings is 1. The summed E-state index contributed by atoms with van der Waals surface area (Å²) < 4.78 is 4.01.